The molecule has 0 bridgehead atoms. The topological polar surface area (TPSA) is 123 Å². The summed E-state index contributed by atoms with van der Waals surface area (Å²) in [4.78, 5) is 27.5. The van der Waals surface area contributed by atoms with E-state index in [9.17, 15) is 9.59 Å². The number of anilines is 2. The van der Waals surface area contributed by atoms with E-state index in [0.29, 0.717) is 22.1 Å². The van der Waals surface area contributed by atoms with E-state index < -0.39 is 0 Å². The molecular weight excluding hydrogens is 422 g/mol. The third-order valence-corrected chi connectivity index (χ3v) is 6.72. The Morgan fingerprint density at radius 3 is 2.70 bits per heavy atom. The van der Waals surface area contributed by atoms with Gasteiger partial charge >= 0.3 is 0 Å². The molecule has 3 heterocycles. The number of amides is 2. The minimum Gasteiger partial charge on any atom is -0.301 e. The summed E-state index contributed by atoms with van der Waals surface area (Å²) in [5.41, 5.74) is 0.719. The number of carbonyl (C=O) groups is 2. The summed E-state index contributed by atoms with van der Waals surface area (Å²) in [6.45, 7) is 1.46. The Balaban J connectivity index is 1.28. The van der Waals surface area contributed by atoms with Crippen LogP contribution in [0, 0.1) is 5.92 Å². The van der Waals surface area contributed by atoms with Crippen molar-refractivity contribution in [1.29, 1.82) is 0 Å². The standard InChI is InChI=1S/C19H21N7O2S2/c1-11(27)21-18-25-23-16(29-18)9-12-5-6-13(8-12)17-24-26-19(30-17)22-15(28)10-14-4-2-3-7-20-14/h2-4,7,12-13H,5-6,8-10H2,1H3,(H,21,25,27)(H,22,26,28)/t12-,13?/m1/s1. The molecular formula is C19H21N7O2S2. The van der Waals surface area contributed by atoms with Gasteiger partial charge in [-0.1, -0.05) is 28.7 Å². The van der Waals surface area contributed by atoms with Gasteiger partial charge < -0.3 is 10.6 Å². The normalized spacial score (nSPS) is 18.3. The van der Waals surface area contributed by atoms with Gasteiger partial charge in [0.2, 0.25) is 22.1 Å². The highest BCUT2D eigenvalue weighted by atomic mass is 32.1. The molecule has 1 aliphatic carbocycles. The first kappa shape index (κ1) is 20.5. The largest absolute Gasteiger partial charge is 0.301 e. The molecule has 2 amide bonds. The summed E-state index contributed by atoms with van der Waals surface area (Å²) in [6.07, 6.45) is 5.86. The van der Waals surface area contributed by atoms with Gasteiger partial charge in [-0.3, -0.25) is 14.6 Å². The van der Waals surface area contributed by atoms with Crippen molar-refractivity contribution < 1.29 is 9.59 Å². The summed E-state index contributed by atoms with van der Waals surface area (Å²) in [5.74, 6) is 0.556. The zero-order valence-electron chi connectivity index (χ0n) is 16.4. The molecule has 9 nitrogen and oxygen atoms in total. The summed E-state index contributed by atoms with van der Waals surface area (Å²) in [7, 11) is 0. The Bertz CT molecular complexity index is 1020. The minimum atomic E-state index is -0.146. The molecule has 156 valence electrons. The fourth-order valence-corrected chi connectivity index (χ4v) is 5.36. The summed E-state index contributed by atoms with van der Waals surface area (Å²) in [6, 6.07) is 5.50. The Morgan fingerprint density at radius 1 is 1.07 bits per heavy atom. The van der Waals surface area contributed by atoms with Crippen LogP contribution in [0.4, 0.5) is 10.3 Å². The van der Waals surface area contributed by atoms with Crippen molar-refractivity contribution in [2.45, 2.75) is 44.9 Å². The van der Waals surface area contributed by atoms with E-state index in [1.165, 1.54) is 29.6 Å². The first-order chi connectivity index (χ1) is 14.5. The van der Waals surface area contributed by atoms with E-state index >= 15 is 0 Å². The summed E-state index contributed by atoms with van der Waals surface area (Å²) < 4.78 is 0. The van der Waals surface area contributed by atoms with Crippen LogP contribution in [0.3, 0.4) is 0 Å². The fraction of sp³-hybridized carbons (Fsp3) is 0.421. The molecule has 4 rings (SSSR count). The maximum absolute atomic E-state index is 12.2. The van der Waals surface area contributed by atoms with E-state index in [2.05, 4.69) is 36.0 Å². The molecule has 3 aromatic rings. The van der Waals surface area contributed by atoms with Crippen LogP contribution in [-0.4, -0.2) is 37.2 Å². The van der Waals surface area contributed by atoms with Crippen molar-refractivity contribution in [3.63, 3.8) is 0 Å². The van der Waals surface area contributed by atoms with Crippen LogP contribution in [0.15, 0.2) is 24.4 Å². The Labute approximate surface area is 181 Å². The quantitative estimate of drug-likeness (QED) is 0.575. The molecule has 1 unspecified atom stereocenters. The van der Waals surface area contributed by atoms with Gasteiger partial charge in [0.25, 0.3) is 0 Å². The van der Waals surface area contributed by atoms with Crippen molar-refractivity contribution in [2.24, 2.45) is 5.92 Å². The molecule has 1 saturated carbocycles. The van der Waals surface area contributed by atoms with Crippen LogP contribution in [0.25, 0.3) is 0 Å². The van der Waals surface area contributed by atoms with Crippen molar-refractivity contribution >= 4 is 44.8 Å². The molecule has 1 fully saturated rings. The van der Waals surface area contributed by atoms with Crippen molar-refractivity contribution in [2.75, 3.05) is 10.6 Å². The lowest BCUT2D eigenvalue weighted by Crippen LogP contribution is -2.14. The number of nitrogens with zero attached hydrogens (tertiary/aromatic N) is 5. The molecule has 30 heavy (non-hydrogen) atoms. The van der Waals surface area contributed by atoms with Crippen LogP contribution < -0.4 is 10.6 Å². The van der Waals surface area contributed by atoms with E-state index in [0.717, 1.165) is 41.4 Å². The van der Waals surface area contributed by atoms with Crippen LogP contribution in [0.5, 0.6) is 0 Å². The van der Waals surface area contributed by atoms with E-state index in [1.54, 1.807) is 6.20 Å². The average molecular weight is 444 g/mol. The minimum absolute atomic E-state index is 0.141. The fourth-order valence-electron chi connectivity index (χ4n) is 3.55. The van der Waals surface area contributed by atoms with Crippen molar-refractivity contribution in [3.05, 3.63) is 40.1 Å². The van der Waals surface area contributed by atoms with Gasteiger partial charge in [-0.25, -0.2) is 0 Å². The first-order valence-electron chi connectivity index (χ1n) is 9.68. The molecule has 0 radical (unpaired) electrons. The van der Waals surface area contributed by atoms with Gasteiger partial charge in [0, 0.05) is 31.2 Å². The molecule has 11 heteroatoms. The van der Waals surface area contributed by atoms with Gasteiger partial charge in [-0.2, -0.15) is 0 Å². The van der Waals surface area contributed by atoms with Gasteiger partial charge in [0.15, 0.2) is 0 Å². The monoisotopic (exact) mass is 443 g/mol. The molecule has 2 N–H and O–H groups in total. The summed E-state index contributed by atoms with van der Waals surface area (Å²) in [5, 5.41) is 25.1. The van der Waals surface area contributed by atoms with Gasteiger partial charge in [-0.05, 0) is 37.3 Å². The molecule has 0 saturated heterocycles. The van der Waals surface area contributed by atoms with Gasteiger partial charge in [-0.15, -0.1) is 20.4 Å². The number of aromatic nitrogens is 5. The first-order valence-corrected chi connectivity index (χ1v) is 11.3. The highest BCUT2D eigenvalue weighted by Crippen LogP contribution is 2.41. The number of hydrogen-bond acceptors (Lipinski definition) is 9. The van der Waals surface area contributed by atoms with Gasteiger partial charge in [0.1, 0.15) is 10.0 Å². The molecule has 1 aliphatic rings. The summed E-state index contributed by atoms with van der Waals surface area (Å²) >= 11 is 2.87. The smallest absolute Gasteiger partial charge is 0.232 e. The second kappa shape index (κ2) is 9.35. The van der Waals surface area contributed by atoms with E-state index in [-0.39, 0.29) is 18.2 Å². The molecule has 0 aliphatic heterocycles. The number of pyridine rings is 1. The van der Waals surface area contributed by atoms with Crippen LogP contribution in [0.1, 0.15) is 47.8 Å². The number of carbonyl (C=O) groups excluding carboxylic acids is 2. The number of rotatable bonds is 7. The second-order valence-electron chi connectivity index (χ2n) is 7.25. The zero-order chi connectivity index (χ0) is 20.9. The Kier molecular flexibility index (Phi) is 6.38. The van der Waals surface area contributed by atoms with E-state index in [4.69, 9.17) is 0 Å². The molecule has 0 aromatic carbocycles. The lowest BCUT2D eigenvalue weighted by Gasteiger charge is -2.06. The third-order valence-electron chi connectivity index (χ3n) is 4.86. The predicted molar refractivity (Wildman–Crippen MR) is 114 cm³/mol. The maximum atomic E-state index is 12.2. The SMILES string of the molecule is CC(=O)Nc1nnc(C[C@@H]2CCC(c3nnc(NC(=O)Cc4ccccn4)s3)C2)s1. The second-order valence-corrected chi connectivity index (χ2v) is 9.32. The average Bonchev–Trinajstić information content (AvgIpc) is 3.44. The molecule has 2 atom stereocenters. The number of hydrogen-bond donors (Lipinski definition) is 2. The highest BCUT2D eigenvalue weighted by Gasteiger charge is 2.29. The van der Waals surface area contributed by atoms with Crippen molar-refractivity contribution in [1.82, 2.24) is 25.4 Å². The van der Waals surface area contributed by atoms with Crippen LogP contribution in [0.2, 0.25) is 0 Å². The predicted octanol–water partition coefficient (Wildman–Crippen LogP) is 3.05. The van der Waals surface area contributed by atoms with Crippen molar-refractivity contribution in [3.8, 4) is 0 Å². The third kappa shape index (κ3) is 5.42. The van der Waals surface area contributed by atoms with E-state index in [1.807, 2.05) is 18.2 Å². The van der Waals surface area contributed by atoms with Gasteiger partial charge in [0.05, 0.1) is 6.42 Å². The zero-order valence-corrected chi connectivity index (χ0v) is 18.0. The lowest BCUT2D eigenvalue weighted by molar-refractivity contribution is -0.116. The lowest BCUT2D eigenvalue weighted by atomic mass is 10.0. The van der Waals surface area contributed by atoms with Crippen LogP contribution >= 0.6 is 22.7 Å². The highest BCUT2D eigenvalue weighted by molar-refractivity contribution is 7.15. The number of nitrogens with one attached hydrogen (secondary N) is 2. The molecule has 0 spiro atoms. The Hall–Kier alpha value is -2.79. The Morgan fingerprint density at radius 2 is 1.90 bits per heavy atom. The maximum Gasteiger partial charge on any atom is 0.232 e. The molecule has 3 aromatic heterocycles. The van der Waals surface area contributed by atoms with Crippen LogP contribution in [-0.2, 0) is 22.4 Å².